The molecule has 82 valence electrons. The monoisotopic (exact) mass is 216 g/mol. The predicted octanol–water partition coefficient (Wildman–Crippen LogP) is 1.34. The van der Waals surface area contributed by atoms with Gasteiger partial charge in [0.1, 0.15) is 0 Å². The number of thioether (sulfide) groups is 1. The number of nitrogens with zero attached hydrogens (tertiary/aromatic N) is 2. The lowest BCUT2D eigenvalue weighted by molar-refractivity contribution is 0.0448. The third kappa shape index (κ3) is 9.85. The van der Waals surface area contributed by atoms with Gasteiger partial charge in [-0.3, -0.25) is 0 Å². The minimum absolute atomic E-state index is 0.579. The lowest BCUT2D eigenvalue weighted by atomic mass is 10.1. The highest BCUT2D eigenvalue weighted by Gasteiger charge is 2.14. The fourth-order valence-corrected chi connectivity index (χ4v) is 1.86. The van der Waals surface area contributed by atoms with E-state index >= 15 is 0 Å². The van der Waals surface area contributed by atoms with Crippen LogP contribution in [0.4, 0.5) is 0 Å². The van der Waals surface area contributed by atoms with Crippen molar-refractivity contribution in [3.63, 3.8) is 0 Å². The lowest BCUT2D eigenvalue weighted by Gasteiger charge is -2.25. The van der Waals surface area contributed by atoms with Gasteiger partial charge in [0.25, 0.3) is 0 Å². The zero-order valence-electron chi connectivity index (χ0n) is 9.29. The van der Waals surface area contributed by atoms with Gasteiger partial charge in [0, 0.05) is 6.54 Å². The Labute approximate surface area is 91.1 Å². The van der Waals surface area contributed by atoms with Gasteiger partial charge in [-0.2, -0.15) is 5.26 Å². The maximum Gasteiger partial charge on any atom is 0.0808 e. The highest BCUT2D eigenvalue weighted by molar-refractivity contribution is 7.99. The standard InChI is InChI=1S/C10H20N2OS/c1-10(2,13)9-12(3)6-4-7-14-8-5-11/h13H,4,6-9H2,1-3H3. The highest BCUT2D eigenvalue weighted by atomic mass is 32.2. The van der Waals surface area contributed by atoms with Gasteiger partial charge >= 0.3 is 0 Å². The van der Waals surface area contributed by atoms with Gasteiger partial charge in [-0.15, -0.1) is 11.8 Å². The lowest BCUT2D eigenvalue weighted by Crippen LogP contribution is -2.36. The zero-order chi connectivity index (χ0) is 11.0. The van der Waals surface area contributed by atoms with E-state index in [1.807, 2.05) is 20.9 Å². The minimum atomic E-state index is -0.617. The molecule has 1 N–H and O–H groups in total. The second-order valence-corrected chi connectivity index (χ2v) is 5.22. The molecule has 0 saturated heterocycles. The molecule has 0 heterocycles. The van der Waals surface area contributed by atoms with Gasteiger partial charge in [0.15, 0.2) is 0 Å². The summed E-state index contributed by atoms with van der Waals surface area (Å²) in [5.74, 6) is 1.60. The molecule has 0 unspecified atom stereocenters. The molecule has 0 fully saturated rings. The van der Waals surface area contributed by atoms with Gasteiger partial charge in [-0.1, -0.05) is 0 Å². The second kappa shape index (κ2) is 7.10. The van der Waals surface area contributed by atoms with Crippen molar-refractivity contribution in [2.75, 3.05) is 31.6 Å². The fraction of sp³-hybridized carbons (Fsp3) is 0.900. The van der Waals surface area contributed by atoms with Gasteiger partial charge in [0.05, 0.1) is 17.4 Å². The number of hydrogen-bond donors (Lipinski definition) is 1. The first-order valence-electron chi connectivity index (χ1n) is 4.81. The van der Waals surface area contributed by atoms with Crippen LogP contribution < -0.4 is 0 Å². The summed E-state index contributed by atoms with van der Waals surface area (Å²) in [6.45, 7) is 5.29. The molecule has 0 aliphatic heterocycles. The van der Waals surface area contributed by atoms with Crippen molar-refractivity contribution in [3.05, 3.63) is 0 Å². The van der Waals surface area contributed by atoms with E-state index in [2.05, 4.69) is 11.0 Å². The predicted molar refractivity (Wildman–Crippen MR) is 61.3 cm³/mol. The van der Waals surface area contributed by atoms with Crippen molar-refractivity contribution in [2.24, 2.45) is 0 Å². The molecule has 14 heavy (non-hydrogen) atoms. The first-order chi connectivity index (χ1) is 6.45. The van der Waals surface area contributed by atoms with E-state index in [-0.39, 0.29) is 0 Å². The van der Waals surface area contributed by atoms with Crippen LogP contribution in [0.1, 0.15) is 20.3 Å². The van der Waals surface area contributed by atoms with Crippen molar-refractivity contribution in [1.82, 2.24) is 4.90 Å². The van der Waals surface area contributed by atoms with E-state index < -0.39 is 5.60 Å². The summed E-state index contributed by atoms with van der Waals surface area (Å²) in [4.78, 5) is 2.12. The summed E-state index contributed by atoms with van der Waals surface area (Å²) in [7, 11) is 2.01. The van der Waals surface area contributed by atoms with Gasteiger partial charge in [-0.05, 0) is 39.6 Å². The first kappa shape index (κ1) is 13.8. The Morgan fingerprint density at radius 1 is 1.50 bits per heavy atom. The van der Waals surface area contributed by atoms with E-state index in [9.17, 15) is 5.11 Å². The van der Waals surface area contributed by atoms with Crippen LogP contribution in [0.25, 0.3) is 0 Å². The minimum Gasteiger partial charge on any atom is -0.389 e. The molecule has 3 nitrogen and oxygen atoms in total. The Morgan fingerprint density at radius 3 is 2.64 bits per heavy atom. The Kier molecular flexibility index (Phi) is 6.98. The molecule has 0 bridgehead atoms. The molecule has 0 spiro atoms. The molecule has 0 aromatic rings. The van der Waals surface area contributed by atoms with Gasteiger partial charge < -0.3 is 10.0 Å². The van der Waals surface area contributed by atoms with Crippen LogP contribution in [-0.4, -0.2) is 47.3 Å². The van der Waals surface area contributed by atoms with Crippen LogP contribution in [0.15, 0.2) is 0 Å². The van der Waals surface area contributed by atoms with Crippen LogP contribution in [0.3, 0.4) is 0 Å². The summed E-state index contributed by atoms with van der Waals surface area (Å²) in [6, 6.07) is 2.10. The summed E-state index contributed by atoms with van der Waals surface area (Å²) in [6.07, 6.45) is 1.07. The van der Waals surface area contributed by atoms with Crippen molar-refractivity contribution in [2.45, 2.75) is 25.9 Å². The van der Waals surface area contributed by atoms with Crippen LogP contribution in [-0.2, 0) is 0 Å². The average molecular weight is 216 g/mol. The molecule has 0 radical (unpaired) electrons. The molecule has 0 aliphatic carbocycles. The van der Waals surface area contributed by atoms with E-state index in [1.165, 1.54) is 0 Å². The Hall–Kier alpha value is -0.240. The molecule has 0 rings (SSSR count). The van der Waals surface area contributed by atoms with E-state index in [1.54, 1.807) is 11.8 Å². The Balaban J connectivity index is 3.37. The molecule has 4 heteroatoms. The molecule has 0 amide bonds. The van der Waals surface area contributed by atoms with E-state index in [4.69, 9.17) is 5.26 Å². The van der Waals surface area contributed by atoms with Gasteiger partial charge in [-0.25, -0.2) is 0 Å². The fourth-order valence-electron chi connectivity index (χ4n) is 1.29. The molecule has 0 aromatic heterocycles. The summed E-state index contributed by atoms with van der Waals surface area (Å²) < 4.78 is 0. The quantitative estimate of drug-likeness (QED) is 0.652. The maximum absolute atomic E-state index is 9.54. The topological polar surface area (TPSA) is 47.3 Å². The zero-order valence-corrected chi connectivity index (χ0v) is 10.1. The number of aliphatic hydroxyl groups is 1. The number of nitriles is 1. The summed E-state index contributed by atoms with van der Waals surface area (Å²) >= 11 is 1.66. The summed E-state index contributed by atoms with van der Waals surface area (Å²) in [5.41, 5.74) is -0.617. The van der Waals surface area contributed by atoms with Crippen LogP contribution in [0.5, 0.6) is 0 Å². The largest absolute Gasteiger partial charge is 0.389 e. The van der Waals surface area contributed by atoms with Crippen LogP contribution in [0, 0.1) is 11.3 Å². The van der Waals surface area contributed by atoms with Crippen LogP contribution in [0.2, 0.25) is 0 Å². The normalized spacial score (nSPS) is 11.7. The van der Waals surface area contributed by atoms with Crippen molar-refractivity contribution >= 4 is 11.8 Å². The number of rotatable bonds is 7. The van der Waals surface area contributed by atoms with Crippen molar-refractivity contribution in [1.29, 1.82) is 5.26 Å². The average Bonchev–Trinajstić information content (AvgIpc) is 2.00. The molecule has 0 aliphatic rings. The highest BCUT2D eigenvalue weighted by Crippen LogP contribution is 2.05. The first-order valence-corrected chi connectivity index (χ1v) is 5.97. The van der Waals surface area contributed by atoms with Crippen molar-refractivity contribution < 1.29 is 5.11 Å². The molecule has 0 saturated carbocycles. The van der Waals surface area contributed by atoms with E-state index in [0.717, 1.165) is 18.7 Å². The molecule has 0 aromatic carbocycles. The smallest absolute Gasteiger partial charge is 0.0808 e. The third-order valence-electron chi connectivity index (χ3n) is 1.65. The van der Waals surface area contributed by atoms with Gasteiger partial charge in [0.2, 0.25) is 0 Å². The Morgan fingerprint density at radius 2 is 2.14 bits per heavy atom. The summed E-state index contributed by atoms with van der Waals surface area (Å²) in [5, 5.41) is 17.9. The molecular formula is C10H20N2OS. The molecular weight excluding hydrogens is 196 g/mol. The Bertz CT molecular complexity index is 184. The van der Waals surface area contributed by atoms with Crippen LogP contribution >= 0.6 is 11.8 Å². The van der Waals surface area contributed by atoms with E-state index in [0.29, 0.717) is 12.3 Å². The second-order valence-electron chi connectivity index (χ2n) is 4.11. The third-order valence-corrected chi connectivity index (χ3v) is 2.56. The van der Waals surface area contributed by atoms with Crippen molar-refractivity contribution in [3.8, 4) is 6.07 Å². The maximum atomic E-state index is 9.54. The number of hydrogen-bond acceptors (Lipinski definition) is 4. The SMILES string of the molecule is CN(CCCSCC#N)CC(C)(C)O. The number of likely N-dealkylation sites (N-methyl/N-ethyl adjacent to an activating group) is 1. The molecule has 0 atom stereocenters.